The molecule has 11 heavy (non-hydrogen) atoms. The Morgan fingerprint density at radius 3 is 2.91 bits per heavy atom. The molecule has 2 aromatic rings. The molecule has 0 unspecified atom stereocenters. The third-order valence-electron chi connectivity index (χ3n) is 1.45. The van der Waals surface area contributed by atoms with E-state index in [-0.39, 0.29) is 20.4 Å². The Labute approximate surface area is 74.4 Å². The number of para-hydroxylation sites is 1. The Morgan fingerprint density at radius 1 is 1.36 bits per heavy atom. The summed E-state index contributed by atoms with van der Waals surface area (Å²) in [6.07, 6.45) is 0. The van der Waals surface area contributed by atoms with E-state index in [1.54, 1.807) is 7.11 Å². The summed E-state index contributed by atoms with van der Waals surface area (Å²) in [4.78, 5) is 4.32. The monoisotopic (exact) mass is 263 g/mol. The van der Waals surface area contributed by atoms with Gasteiger partial charge in [0.05, 0.1) is 0 Å². The van der Waals surface area contributed by atoms with Crippen molar-refractivity contribution >= 4 is 29.3 Å². The summed E-state index contributed by atoms with van der Waals surface area (Å²) in [5.74, 6) is 0. The fraction of sp³-hybridized carbons (Fsp3) is 0.125. The van der Waals surface area contributed by atoms with Crippen LogP contribution < -0.4 is 4.74 Å². The summed E-state index contributed by atoms with van der Waals surface area (Å²) in [7, 11) is 1.69. The molecule has 1 aromatic heterocycles. The summed E-state index contributed by atoms with van der Waals surface area (Å²) in [5, 5.41) is 0. The van der Waals surface area contributed by atoms with Crippen LogP contribution in [0.2, 0.25) is 0 Å². The Hall–Kier alpha value is -0.520. The second kappa shape index (κ2) is 2.84. The molecule has 0 radical (unpaired) electrons. The quantitative estimate of drug-likeness (QED) is 0.721. The molecule has 0 saturated carbocycles. The zero-order valence-electron chi connectivity index (χ0n) is 6.07. The molecular formula is C8H7NOTe. The molecule has 0 bridgehead atoms. The molecule has 0 aliphatic rings. The number of aromatic nitrogens is 1. The molecule has 1 heterocycles. The first-order valence-electron chi connectivity index (χ1n) is 3.30. The van der Waals surface area contributed by atoms with Crippen molar-refractivity contribution in [2.45, 2.75) is 0 Å². The SMILES string of the molecule is COc1nc2ccccc2[te]1. The van der Waals surface area contributed by atoms with Crippen molar-refractivity contribution in [1.82, 2.24) is 4.98 Å². The van der Waals surface area contributed by atoms with E-state index in [4.69, 9.17) is 4.74 Å². The average molecular weight is 261 g/mol. The number of ether oxygens (including phenoxy) is 1. The van der Waals surface area contributed by atoms with Gasteiger partial charge in [-0.1, -0.05) is 0 Å². The van der Waals surface area contributed by atoms with Gasteiger partial charge >= 0.3 is 74.3 Å². The van der Waals surface area contributed by atoms with Gasteiger partial charge in [-0.3, -0.25) is 0 Å². The third-order valence-corrected chi connectivity index (χ3v) is 4.30. The second-order valence-electron chi connectivity index (χ2n) is 2.15. The molecule has 0 aliphatic heterocycles. The Bertz CT molecular complexity index is 336. The zero-order chi connectivity index (χ0) is 7.68. The minimum atomic E-state index is -0.289. The van der Waals surface area contributed by atoms with Crippen LogP contribution in [0.15, 0.2) is 24.3 Å². The maximum absolute atomic E-state index is 5.10. The second-order valence-corrected chi connectivity index (χ2v) is 4.99. The van der Waals surface area contributed by atoms with E-state index in [1.165, 1.54) is 3.40 Å². The van der Waals surface area contributed by atoms with Gasteiger partial charge in [0.2, 0.25) is 0 Å². The number of benzene rings is 1. The molecule has 0 spiro atoms. The van der Waals surface area contributed by atoms with Gasteiger partial charge in [-0.15, -0.1) is 0 Å². The Morgan fingerprint density at radius 2 is 2.18 bits per heavy atom. The van der Waals surface area contributed by atoms with Crippen LogP contribution in [0.3, 0.4) is 0 Å². The van der Waals surface area contributed by atoms with Gasteiger partial charge in [0.15, 0.2) is 0 Å². The Balaban J connectivity index is 2.69. The third kappa shape index (κ3) is 1.26. The van der Waals surface area contributed by atoms with E-state index in [2.05, 4.69) is 17.1 Å². The first-order valence-corrected chi connectivity index (χ1v) is 5.63. The van der Waals surface area contributed by atoms with Crippen LogP contribution in [0.4, 0.5) is 0 Å². The van der Waals surface area contributed by atoms with Crippen LogP contribution in [-0.4, -0.2) is 32.5 Å². The summed E-state index contributed by atoms with van der Waals surface area (Å²) < 4.78 is 7.43. The van der Waals surface area contributed by atoms with E-state index in [9.17, 15) is 0 Å². The molecule has 2 nitrogen and oxygen atoms in total. The van der Waals surface area contributed by atoms with Gasteiger partial charge in [0.1, 0.15) is 0 Å². The van der Waals surface area contributed by atoms with E-state index >= 15 is 0 Å². The molecule has 0 N–H and O–H groups in total. The van der Waals surface area contributed by atoms with E-state index in [0.717, 1.165) is 9.41 Å². The van der Waals surface area contributed by atoms with Gasteiger partial charge in [-0.05, 0) is 0 Å². The van der Waals surface area contributed by atoms with Gasteiger partial charge in [0.25, 0.3) is 0 Å². The summed E-state index contributed by atoms with van der Waals surface area (Å²) >= 11 is -0.289. The molecule has 56 valence electrons. The van der Waals surface area contributed by atoms with Gasteiger partial charge in [0, 0.05) is 0 Å². The number of methoxy groups -OCH3 is 1. The van der Waals surface area contributed by atoms with Crippen molar-refractivity contribution < 1.29 is 4.74 Å². The number of hydrogen-bond acceptors (Lipinski definition) is 2. The zero-order valence-corrected chi connectivity index (χ0v) is 8.40. The first-order chi connectivity index (χ1) is 5.40. The molecule has 3 heteroatoms. The molecule has 0 saturated heterocycles. The predicted octanol–water partition coefficient (Wildman–Crippen LogP) is 1.30. The fourth-order valence-electron chi connectivity index (χ4n) is 0.938. The van der Waals surface area contributed by atoms with Crippen LogP contribution in [-0.2, 0) is 0 Å². The fourth-order valence-corrected chi connectivity index (χ4v) is 3.17. The number of fused-ring (bicyclic) bond motifs is 1. The maximum atomic E-state index is 5.10. The van der Waals surface area contributed by atoms with Crippen molar-refractivity contribution in [1.29, 1.82) is 0 Å². The van der Waals surface area contributed by atoms with Crippen molar-refractivity contribution in [3.8, 4) is 3.90 Å². The van der Waals surface area contributed by atoms with Crippen LogP contribution in [0.5, 0.6) is 3.90 Å². The van der Waals surface area contributed by atoms with Gasteiger partial charge in [-0.25, -0.2) is 0 Å². The van der Waals surface area contributed by atoms with Crippen LogP contribution in [0.25, 0.3) is 8.92 Å². The predicted molar refractivity (Wildman–Crippen MR) is 45.2 cm³/mol. The molecule has 2 rings (SSSR count). The van der Waals surface area contributed by atoms with Crippen LogP contribution in [0.1, 0.15) is 0 Å². The van der Waals surface area contributed by atoms with Crippen molar-refractivity contribution in [2.75, 3.05) is 7.11 Å². The Kier molecular flexibility index (Phi) is 1.85. The minimum absolute atomic E-state index is 0.289. The number of nitrogens with zero attached hydrogens (tertiary/aromatic N) is 1. The normalized spacial score (nSPS) is 10.3. The van der Waals surface area contributed by atoms with E-state index < -0.39 is 0 Å². The van der Waals surface area contributed by atoms with Crippen LogP contribution >= 0.6 is 0 Å². The first kappa shape index (κ1) is 7.15. The van der Waals surface area contributed by atoms with Gasteiger partial charge in [-0.2, -0.15) is 0 Å². The summed E-state index contributed by atoms with van der Waals surface area (Å²) in [6.45, 7) is 0. The molecule has 0 aliphatic carbocycles. The molecular weight excluding hydrogens is 254 g/mol. The van der Waals surface area contributed by atoms with Crippen molar-refractivity contribution in [3.05, 3.63) is 24.3 Å². The van der Waals surface area contributed by atoms with E-state index in [1.807, 2.05) is 12.1 Å². The topological polar surface area (TPSA) is 22.1 Å². The number of hydrogen-bond donors (Lipinski definition) is 0. The van der Waals surface area contributed by atoms with Crippen molar-refractivity contribution in [2.24, 2.45) is 0 Å². The van der Waals surface area contributed by atoms with Gasteiger partial charge < -0.3 is 0 Å². The summed E-state index contributed by atoms with van der Waals surface area (Å²) in [6, 6.07) is 8.23. The number of rotatable bonds is 1. The molecule has 0 atom stereocenters. The average Bonchev–Trinajstić information content (AvgIpc) is 2.46. The van der Waals surface area contributed by atoms with Crippen LogP contribution in [0, 0.1) is 0 Å². The van der Waals surface area contributed by atoms with Crippen molar-refractivity contribution in [3.63, 3.8) is 0 Å². The molecule has 0 fully saturated rings. The summed E-state index contributed by atoms with van der Waals surface area (Å²) in [5.41, 5.74) is 1.10. The van der Waals surface area contributed by atoms with E-state index in [0.29, 0.717) is 0 Å². The standard InChI is InChI=1S/C8H7NOTe/c1-10-8-9-6-4-2-3-5-7(6)11-8/h2-5H,1H3. The molecule has 0 amide bonds. The molecule has 1 aromatic carbocycles.